The summed E-state index contributed by atoms with van der Waals surface area (Å²) in [5.74, 6) is -0.338. The summed E-state index contributed by atoms with van der Waals surface area (Å²) in [6.07, 6.45) is 1.78. The van der Waals surface area contributed by atoms with E-state index in [1.165, 1.54) is 18.2 Å². The van der Waals surface area contributed by atoms with E-state index in [4.69, 9.17) is 23.2 Å². The number of halogens is 2. The third kappa shape index (κ3) is 5.64. The Morgan fingerprint density at radius 2 is 1.96 bits per heavy atom. The first-order valence-corrected chi connectivity index (χ1v) is 9.66. The van der Waals surface area contributed by atoms with Crippen molar-refractivity contribution in [3.63, 3.8) is 0 Å². The van der Waals surface area contributed by atoms with E-state index in [2.05, 4.69) is 5.32 Å². The van der Waals surface area contributed by atoms with Gasteiger partial charge in [0.1, 0.15) is 4.90 Å². The van der Waals surface area contributed by atoms with Crippen molar-refractivity contribution in [3.8, 4) is 0 Å². The van der Waals surface area contributed by atoms with Gasteiger partial charge < -0.3 is 5.32 Å². The lowest BCUT2D eigenvalue weighted by atomic mass is 10.2. The molecule has 23 heavy (non-hydrogen) atoms. The molecular weight excluding hydrogens is 359 g/mol. The fraction of sp³-hybridized carbons (Fsp3) is 0.533. The van der Waals surface area contributed by atoms with Crippen molar-refractivity contribution in [2.24, 2.45) is 0 Å². The van der Waals surface area contributed by atoms with Crippen molar-refractivity contribution < 1.29 is 13.2 Å². The van der Waals surface area contributed by atoms with Crippen LogP contribution in [0.15, 0.2) is 23.1 Å². The summed E-state index contributed by atoms with van der Waals surface area (Å²) in [7, 11) is -3.89. The van der Waals surface area contributed by atoms with E-state index in [0.29, 0.717) is 0 Å². The summed E-state index contributed by atoms with van der Waals surface area (Å²) >= 11 is 11.8. The molecule has 1 N–H and O–H groups in total. The summed E-state index contributed by atoms with van der Waals surface area (Å²) in [6, 6.07) is 4.23. The van der Waals surface area contributed by atoms with Gasteiger partial charge in [-0.2, -0.15) is 4.31 Å². The maximum Gasteiger partial charge on any atom is 0.245 e. The topological polar surface area (TPSA) is 66.5 Å². The Kier molecular flexibility index (Phi) is 7.80. The molecule has 0 radical (unpaired) electrons. The number of nitrogens with zero attached hydrogens (tertiary/aromatic N) is 1. The van der Waals surface area contributed by atoms with Gasteiger partial charge in [0.2, 0.25) is 15.9 Å². The number of amides is 1. The normalized spacial score (nSPS) is 13.1. The van der Waals surface area contributed by atoms with Gasteiger partial charge in [-0.1, -0.05) is 43.5 Å². The van der Waals surface area contributed by atoms with E-state index in [0.717, 1.165) is 17.1 Å². The second-order valence-electron chi connectivity index (χ2n) is 5.26. The number of benzene rings is 1. The number of carbonyl (C=O) groups is 1. The molecule has 0 aliphatic rings. The molecule has 1 atom stereocenters. The SMILES string of the molecule is CCC[C@H](C)NC(=O)CN(CC)S(=O)(=O)c1cc(Cl)ccc1Cl. The van der Waals surface area contributed by atoms with Crippen molar-refractivity contribution in [1.82, 2.24) is 9.62 Å². The van der Waals surface area contributed by atoms with Crippen molar-refractivity contribution in [2.75, 3.05) is 13.1 Å². The van der Waals surface area contributed by atoms with Gasteiger partial charge in [0.25, 0.3) is 0 Å². The number of hydrogen-bond acceptors (Lipinski definition) is 3. The summed E-state index contributed by atoms with van der Waals surface area (Å²) < 4.78 is 26.5. The van der Waals surface area contributed by atoms with Gasteiger partial charge in [-0.25, -0.2) is 8.42 Å². The van der Waals surface area contributed by atoms with Crippen LogP contribution in [0.1, 0.15) is 33.6 Å². The molecule has 1 rings (SSSR count). The zero-order valence-corrected chi connectivity index (χ0v) is 15.8. The molecule has 1 aromatic carbocycles. The lowest BCUT2D eigenvalue weighted by Gasteiger charge is -2.22. The summed E-state index contributed by atoms with van der Waals surface area (Å²) in [6.45, 7) is 5.47. The highest BCUT2D eigenvalue weighted by Crippen LogP contribution is 2.27. The zero-order valence-electron chi connectivity index (χ0n) is 13.5. The van der Waals surface area contributed by atoms with E-state index in [1.54, 1.807) is 6.92 Å². The number of hydrogen-bond donors (Lipinski definition) is 1. The first-order valence-electron chi connectivity index (χ1n) is 7.46. The molecule has 1 amide bonds. The Hall–Kier alpha value is -0.820. The maximum absolute atomic E-state index is 12.7. The fourth-order valence-corrected chi connectivity index (χ4v) is 4.31. The summed E-state index contributed by atoms with van der Waals surface area (Å²) in [5, 5.41) is 3.14. The molecule has 5 nitrogen and oxygen atoms in total. The maximum atomic E-state index is 12.7. The second-order valence-corrected chi connectivity index (χ2v) is 8.01. The van der Waals surface area contributed by atoms with E-state index < -0.39 is 10.0 Å². The molecule has 0 aromatic heterocycles. The highest BCUT2D eigenvalue weighted by Gasteiger charge is 2.28. The molecule has 0 fully saturated rings. The number of likely N-dealkylation sites (N-methyl/N-ethyl adjacent to an activating group) is 1. The van der Waals surface area contributed by atoms with Crippen molar-refractivity contribution in [1.29, 1.82) is 0 Å². The van der Waals surface area contributed by atoms with Gasteiger partial charge in [0.05, 0.1) is 11.6 Å². The standard InChI is InChI=1S/C15H22Cl2N2O3S/c1-4-6-11(3)18-15(20)10-19(5-2)23(21,22)14-9-12(16)7-8-13(14)17/h7-9,11H,4-6,10H2,1-3H3,(H,18,20)/t11-/m0/s1. The average Bonchev–Trinajstić information content (AvgIpc) is 2.47. The van der Waals surface area contributed by atoms with Crippen LogP contribution in [0.4, 0.5) is 0 Å². The molecule has 0 saturated carbocycles. The fourth-order valence-electron chi connectivity index (χ4n) is 2.17. The lowest BCUT2D eigenvalue weighted by Crippen LogP contribution is -2.43. The molecule has 0 unspecified atom stereocenters. The minimum Gasteiger partial charge on any atom is -0.353 e. The van der Waals surface area contributed by atoms with Crippen molar-refractivity contribution in [2.45, 2.75) is 44.6 Å². The third-order valence-corrected chi connectivity index (χ3v) is 5.95. The molecule has 0 saturated heterocycles. The quantitative estimate of drug-likeness (QED) is 0.751. The summed E-state index contributed by atoms with van der Waals surface area (Å²) in [4.78, 5) is 12.0. The number of nitrogens with one attached hydrogen (secondary N) is 1. The van der Waals surface area contributed by atoms with Crippen molar-refractivity contribution >= 4 is 39.1 Å². The Labute approximate surface area is 148 Å². The number of carbonyl (C=O) groups excluding carboxylic acids is 1. The molecule has 0 spiro atoms. The average molecular weight is 381 g/mol. The van der Waals surface area contributed by atoms with Crippen molar-refractivity contribution in [3.05, 3.63) is 28.2 Å². The van der Waals surface area contributed by atoms with Crippen LogP contribution in [0.25, 0.3) is 0 Å². The molecule has 0 bridgehead atoms. The molecule has 1 aromatic rings. The zero-order chi connectivity index (χ0) is 17.6. The molecule has 8 heteroatoms. The Balaban J connectivity index is 2.95. The Morgan fingerprint density at radius 1 is 1.30 bits per heavy atom. The first-order chi connectivity index (χ1) is 10.7. The highest BCUT2D eigenvalue weighted by atomic mass is 35.5. The van der Waals surface area contributed by atoms with E-state index in [-0.39, 0.29) is 40.0 Å². The Morgan fingerprint density at radius 3 is 2.52 bits per heavy atom. The van der Waals surface area contributed by atoms with Crippen LogP contribution >= 0.6 is 23.2 Å². The van der Waals surface area contributed by atoms with Gasteiger partial charge >= 0.3 is 0 Å². The Bertz CT molecular complexity index is 650. The third-order valence-electron chi connectivity index (χ3n) is 3.31. The smallest absolute Gasteiger partial charge is 0.245 e. The second kappa shape index (κ2) is 8.87. The van der Waals surface area contributed by atoms with Crippen LogP contribution in [0.3, 0.4) is 0 Å². The first kappa shape index (κ1) is 20.2. The van der Waals surface area contributed by atoms with Crippen LogP contribution in [-0.2, 0) is 14.8 Å². The molecular formula is C15H22Cl2N2O3S. The van der Waals surface area contributed by atoms with Crippen LogP contribution in [0, 0.1) is 0 Å². The van der Waals surface area contributed by atoms with Crippen LogP contribution in [-0.4, -0.2) is 37.8 Å². The predicted octanol–water partition coefficient (Wildman–Crippen LogP) is 3.31. The number of sulfonamides is 1. The number of rotatable bonds is 8. The van der Waals surface area contributed by atoms with E-state index in [1.807, 2.05) is 13.8 Å². The van der Waals surface area contributed by atoms with Crippen LogP contribution in [0.5, 0.6) is 0 Å². The van der Waals surface area contributed by atoms with Gasteiger partial charge in [0.15, 0.2) is 0 Å². The van der Waals surface area contributed by atoms with Gasteiger partial charge in [-0.15, -0.1) is 0 Å². The van der Waals surface area contributed by atoms with Crippen LogP contribution < -0.4 is 5.32 Å². The summed E-state index contributed by atoms with van der Waals surface area (Å²) in [5.41, 5.74) is 0. The lowest BCUT2D eigenvalue weighted by molar-refractivity contribution is -0.121. The minimum absolute atomic E-state index is 0.00340. The predicted molar refractivity (Wildman–Crippen MR) is 93.4 cm³/mol. The largest absolute Gasteiger partial charge is 0.353 e. The van der Waals surface area contributed by atoms with Gasteiger partial charge in [-0.05, 0) is 31.5 Å². The highest BCUT2D eigenvalue weighted by molar-refractivity contribution is 7.89. The van der Waals surface area contributed by atoms with Gasteiger partial charge in [0, 0.05) is 17.6 Å². The minimum atomic E-state index is -3.89. The molecule has 130 valence electrons. The molecule has 0 aliphatic heterocycles. The monoisotopic (exact) mass is 380 g/mol. The van der Waals surface area contributed by atoms with E-state index >= 15 is 0 Å². The molecule has 0 heterocycles. The van der Waals surface area contributed by atoms with E-state index in [9.17, 15) is 13.2 Å². The van der Waals surface area contributed by atoms with Crippen LogP contribution in [0.2, 0.25) is 10.0 Å². The van der Waals surface area contributed by atoms with Gasteiger partial charge in [-0.3, -0.25) is 4.79 Å². The molecule has 0 aliphatic carbocycles.